The van der Waals surface area contributed by atoms with Crippen LogP contribution < -0.4 is 16.8 Å². The molecular weight excluding hydrogens is 226 g/mol. The number of hydrogen-bond donors (Lipinski definition) is 3. The van der Waals surface area contributed by atoms with Crippen LogP contribution in [0.15, 0.2) is 30.3 Å². The summed E-state index contributed by atoms with van der Waals surface area (Å²) in [5.41, 5.74) is 12.2. The van der Waals surface area contributed by atoms with Gasteiger partial charge in [0, 0.05) is 19.0 Å². The average Bonchev–Trinajstić information content (AvgIpc) is 2.42. The minimum Gasteiger partial charge on any atom is -0.352 e. The van der Waals surface area contributed by atoms with Crippen molar-refractivity contribution in [3.8, 4) is 0 Å². The van der Waals surface area contributed by atoms with Gasteiger partial charge in [0.25, 0.3) is 0 Å². The minimum absolute atomic E-state index is 0.0526. The molecule has 5 N–H and O–H groups in total. The van der Waals surface area contributed by atoms with E-state index in [0.717, 1.165) is 19.3 Å². The van der Waals surface area contributed by atoms with E-state index in [1.165, 1.54) is 5.56 Å². The second kappa shape index (κ2) is 8.66. The zero-order chi connectivity index (χ0) is 13.2. The maximum Gasteiger partial charge on any atom is 0.220 e. The highest BCUT2D eigenvalue weighted by atomic mass is 16.1. The Labute approximate surface area is 109 Å². The molecule has 1 atom stereocenters. The molecule has 1 aromatic carbocycles. The molecule has 0 aliphatic heterocycles. The molecule has 0 spiro atoms. The van der Waals surface area contributed by atoms with Crippen LogP contribution in [0.1, 0.15) is 24.8 Å². The molecule has 0 saturated heterocycles. The molecule has 0 saturated carbocycles. The summed E-state index contributed by atoms with van der Waals surface area (Å²) in [7, 11) is 0. The first-order valence-electron chi connectivity index (χ1n) is 6.49. The van der Waals surface area contributed by atoms with Crippen molar-refractivity contribution in [2.45, 2.75) is 31.7 Å². The highest BCUT2D eigenvalue weighted by Gasteiger charge is 2.09. The van der Waals surface area contributed by atoms with Gasteiger partial charge in [-0.1, -0.05) is 30.3 Å². The molecule has 1 rings (SSSR count). The Hall–Kier alpha value is -1.39. The van der Waals surface area contributed by atoms with Gasteiger partial charge in [-0.15, -0.1) is 0 Å². The SMILES string of the molecule is NCCC[C@@H](CN)NC(=O)CCc1ccccc1. The molecule has 0 aromatic heterocycles. The highest BCUT2D eigenvalue weighted by molar-refractivity contribution is 5.76. The lowest BCUT2D eigenvalue weighted by Gasteiger charge is -2.16. The molecule has 100 valence electrons. The summed E-state index contributed by atoms with van der Waals surface area (Å²) in [6, 6.07) is 10.1. The van der Waals surface area contributed by atoms with Crippen LogP contribution in [-0.2, 0) is 11.2 Å². The third-order valence-corrected chi connectivity index (χ3v) is 2.89. The summed E-state index contributed by atoms with van der Waals surface area (Å²) in [5, 5.41) is 2.95. The number of carbonyl (C=O) groups is 1. The van der Waals surface area contributed by atoms with Crippen LogP contribution in [0.4, 0.5) is 0 Å². The topological polar surface area (TPSA) is 81.1 Å². The van der Waals surface area contributed by atoms with Crippen LogP contribution in [0.25, 0.3) is 0 Å². The first-order valence-corrected chi connectivity index (χ1v) is 6.49. The number of nitrogens with two attached hydrogens (primary N) is 2. The third kappa shape index (κ3) is 5.80. The fourth-order valence-corrected chi connectivity index (χ4v) is 1.82. The maximum atomic E-state index is 11.8. The van der Waals surface area contributed by atoms with Crippen molar-refractivity contribution < 1.29 is 4.79 Å². The van der Waals surface area contributed by atoms with Crippen LogP contribution in [0.2, 0.25) is 0 Å². The monoisotopic (exact) mass is 249 g/mol. The van der Waals surface area contributed by atoms with E-state index in [2.05, 4.69) is 5.32 Å². The molecule has 4 nitrogen and oxygen atoms in total. The van der Waals surface area contributed by atoms with Crippen LogP contribution in [-0.4, -0.2) is 25.0 Å². The Morgan fingerprint density at radius 1 is 1.22 bits per heavy atom. The second-order valence-electron chi connectivity index (χ2n) is 4.42. The van der Waals surface area contributed by atoms with Gasteiger partial charge in [-0.3, -0.25) is 4.79 Å². The Bertz CT molecular complexity index is 340. The normalized spacial score (nSPS) is 12.1. The van der Waals surface area contributed by atoms with E-state index in [0.29, 0.717) is 19.5 Å². The fourth-order valence-electron chi connectivity index (χ4n) is 1.82. The van der Waals surface area contributed by atoms with Crippen molar-refractivity contribution in [3.05, 3.63) is 35.9 Å². The van der Waals surface area contributed by atoms with Gasteiger partial charge in [-0.05, 0) is 31.4 Å². The van der Waals surface area contributed by atoms with E-state index in [1.54, 1.807) is 0 Å². The first-order chi connectivity index (χ1) is 8.76. The molecule has 1 aromatic rings. The van der Waals surface area contributed by atoms with Gasteiger partial charge in [0.2, 0.25) is 5.91 Å². The molecule has 0 unspecified atom stereocenters. The molecule has 0 radical (unpaired) electrons. The van der Waals surface area contributed by atoms with Crippen molar-refractivity contribution in [1.82, 2.24) is 5.32 Å². The molecule has 1 amide bonds. The third-order valence-electron chi connectivity index (χ3n) is 2.89. The molecule has 0 heterocycles. The summed E-state index contributed by atoms with van der Waals surface area (Å²) in [5.74, 6) is 0.0614. The number of carbonyl (C=O) groups excluding carboxylic acids is 1. The van der Waals surface area contributed by atoms with E-state index in [1.807, 2.05) is 30.3 Å². The number of amides is 1. The summed E-state index contributed by atoms with van der Waals surface area (Å²) in [6.45, 7) is 1.10. The van der Waals surface area contributed by atoms with Gasteiger partial charge in [-0.2, -0.15) is 0 Å². The highest BCUT2D eigenvalue weighted by Crippen LogP contribution is 2.03. The average molecular weight is 249 g/mol. The van der Waals surface area contributed by atoms with Gasteiger partial charge >= 0.3 is 0 Å². The molecule has 4 heteroatoms. The maximum absolute atomic E-state index is 11.8. The van der Waals surface area contributed by atoms with Crippen molar-refractivity contribution in [1.29, 1.82) is 0 Å². The Kier molecular flexibility index (Phi) is 7.06. The molecule has 18 heavy (non-hydrogen) atoms. The van der Waals surface area contributed by atoms with Gasteiger partial charge in [0.15, 0.2) is 0 Å². The Morgan fingerprint density at radius 2 is 1.94 bits per heavy atom. The molecular formula is C14H23N3O. The van der Waals surface area contributed by atoms with Crippen LogP contribution in [0, 0.1) is 0 Å². The number of nitrogens with one attached hydrogen (secondary N) is 1. The van der Waals surface area contributed by atoms with E-state index in [9.17, 15) is 4.79 Å². The van der Waals surface area contributed by atoms with Crippen molar-refractivity contribution in [2.75, 3.05) is 13.1 Å². The predicted molar refractivity (Wildman–Crippen MR) is 74.0 cm³/mol. The number of aryl methyl sites for hydroxylation is 1. The quantitative estimate of drug-likeness (QED) is 0.637. The lowest BCUT2D eigenvalue weighted by molar-refractivity contribution is -0.121. The lowest BCUT2D eigenvalue weighted by atomic mass is 10.1. The van der Waals surface area contributed by atoms with Crippen LogP contribution >= 0.6 is 0 Å². The summed E-state index contributed by atoms with van der Waals surface area (Å²) < 4.78 is 0. The first kappa shape index (κ1) is 14.7. The van der Waals surface area contributed by atoms with Crippen molar-refractivity contribution in [2.24, 2.45) is 11.5 Å². The minimum atomic E-state index is 0.0526. The fraction of sp³-hybridized carbons (Fsp3) is 0.500. The van der Waals surface area contributed by atoms with E-state index < -0.39 is 0 Å². The smallest absolute Gasteiger partial charge is 0.220 e. The number of hydrogen-bond acceptors (Lipinski definition) is 3. The standard InChI is InChI=1S/C14H23N3O/c15-10-4-7-13(11-16)17-14(18)9-8-12-5-2-1-3-6-12/h1-3,5-6,13H,4,7-11,15-16H2,(H,17,18)/t13-/m0/s1. The summed E-state index contributed by atoms with van der Waals surface area (Å²) in [4.78, 5) is 11.8. The van der Waals surface area contributed by atoms with Gasteiger partial charge < -0.3 is 16.8 Å². The number of rotatable bonds is 8. The van der Waals surface area contributed by atoms with Crippen molar-refractivity contribution >= 4 is 5.91 Å². The zero-order valence-electron chi connectivity index (χ0n) is 10.8. The summed E-state index contributed by atoms with van der Waals surface area (Å²) >= 11 is 0. The molecule has 0 bridgehead atoms. The van der Waals surface area contributed by atoms with Crippen LogP contribution in [0.3, 0.4) is 0 Å². The zero-order valence-corrected chi connectivity index (χ0v) is 10.8. The second-order valence-corrected chi connectivity index (χ2v) is 4.42. The van der Waals surface area contributed by atoms with E-state index in [4.69, 9.17) is 11.5 Å². The number of benzene rings is 1. The van der Waals surface area contributed by atoms with Crippen LogP contribution in [0.5, 0.6) is 0 Å². The Morgan fingerprint density at radius 3 is 2.56 bits per heavy atom. The lowest BCUT2D eigenvalue weighted by Crippen LogP contribution is -2.40. The van der Waals surface area contributed by atoms with Gasteiger partial charge in [-0.25, -0.2) is 0 Å². The van der Waals surface area contributed by atoms with Gasteiger partial charge in [0.05, 0.1) is 0 Å². The van der Waals surface area contributed by atoms with E-state index in [-0.39, 0.29) is 11.9 Å². The molecule has 0 fully saturated rings. The van der Waals surface area contributed by atoms with Crippen molar-refractivity contribution in [3.63, 3.8) is 0 Å². The predicted octanol–water partition coefficient (Wildman–Crippen LogP) is 0.802. The Balaban J connectivity index is 2.28. The molecule has 0 aliphatic carbocycles. The molecule has 0 aliphatic rings. The summed E-state index contributed by atoms with van der Waals surface area (Å²) in [6.07, 6.45) is 3.01. The van der Waals surface area contributed by atoms with Gasteiger partial charge in [0.1, 0.15) is 0 Å². The largest absolute Gasteiger partial charge is 0.352 e. The van der Waals surface area contributed by atoms with E-state index >= 15 is 0 Å².